The molecule has 0 aliphatic carbocycles. The number of nitrogens with two attached hydrogens (primary N) is 9. The number of fused-ring (bicyclic) bond motifs is 1. The number of guanidine groups is 2. The topological polar surface area (TPSA) is 753 Å². The van der Waals surface area contributed by atoms with Gasteiger partial charge in [-0.1, -0.05) is 12.1 Å². The van der Waals surface area contributed by atoms with E-state index in [-0.39, 0.29) is 201 Å². The Labute approximate surface area is 699 Å². The fourth-order valence-corrected chi connectivity index (χ4v) is 16.8. The SMILES string of the molecule is N=C(N)N[C@H]1CN[C@@H](C(=O)N2C[C@H](N)C[C@@H]2C(=O)N2C[C@H](N)C[C@@H]2C(=O)NCCCC[C@H](NC(=O)[C@H]2C[C@@H](N)CN2C(=O)[C@H]2C[C@@H](N)CN2C(=O)[C@H]2C[C@@H](NC(=N)N)CN2)C(=O)N[C@@H](CCCCNC(=O)c2cnccn2)C(=O)NCCN(CC(=O)N2C[C@H](N)C[C@@H]2C(=O)N[C@@H](Cc2ccc(O)cc2)C(N)=O)C(=O)Cn2cnc3c(=O)[nH]c(N)nc32)C1. The van der Waals surface area contributed by atoms with E-state index in [2.05, 4.69) is 78.1 Å². The van der Waals surface area contributed by atoms with Crippen LogP contribution in [0, 0.1) is 10.8 Å². The molecular formula is C74H111N33O15. The second kappa shape index (κ2) is 40.8. The van der Waals surface area contributed by atoms with Gasteiger partial charge in [0, 0.05) is 133 Å². The molecule has 10 heterocycles. The third-order valence-electron chi connectivity index (χ3n) is 22.9. The van der Waals surface area contributed by atoms with Crippen LogP contribution >= 0.6 is 0 Å². The molecule has 48 heteroatoms. The molecule has 4 aromatic rings. The number of carbonyl (C=O) groups excluding carboxylic acids is 13. The van der Waals surface area contributed by atoms with Crippen LogP contribution in [0.2, 0.25) is 0 Å². The van der Waals surface area contributed by atoms with Gasteiger partial charge >= 0.3 is 0 Å². The normalized spacial score (nSPS) is 25.0. The van der Waals surface area contributed by atoms with Crippen molar-refractivity contribution in [1.29, 1.82) is 10.8 Å². The van der Waals surface area contributed by atoms with Gasteiger partial charge in [-0.15, -0.1) is 0 Å². The molecule has 32 N–H and O–H groups in total. The predicted molar refractivity (Wildman–Crippen MR) is 435 cm³/mol. The van der Waals surface area contributed by atoms with Crippen molar-refractivity contribution >= 4 is 106 Å². The van der Waals surface area contributed by atoms with Crippen LogP contribution in [0.25, 0.3) is 11.2 Å². The van der Waals surface area contributed by atoms with E-state index in [1.165, 1.54) is 67.0 Å². The summed E-state index contributed by atoms with van der Waals surface area (Å²) >= 11 is 0. The number of primary amides is 1. The summed E-state index contributed by atoms with van der Waals surface area (Å²) in [6.07, 6.45) is 5.79. The highest BCUT2D eigenvalue weighted by atomic mass is 16.3. The summed E-state index contributed by atoms with van der Waals surface area (Å²) < 4.78 is 1.20. The third-order valence-corrected chi connectivity index (χ3v) is 22.9. The molecule has 662 valence electrons. The average Bonchev–Trinajstić information content (AvgIpc) is 1.61. The van der Waals surface area contributed by atoms with Crippen molar-refractivity contribution in [2.24, 2.45) is 45.9 Å². The fourth-order valence-electron chi connectivity index (χ4n) is 16.8. The molecule has 17 atom stereocenters. The second-order valence-corrected chi connectivity index (χ2v) is 32.2. The van der Waals surface area contributed by atoms with Gasteiger partial charge in [-0.3, -0.25) is 87.9 Å². The van der Waals surface area contributed by atoms with Gasteiger partial charge in [0.15, 0.2) is 23.1 Å². The molecule has 13 amide bonds. The summed E-state index contributed by atoms with van der Waals surface area (Å²) in [5.41, 5.74) is 54.6. The number of nitrogen functional groups attached to an aromatic ring is 1. The van der Waals surface area contributed by atoms with E-state index in [4.69, 9.17) is 62.4 Å². The number of aromatic nitrogens is 6. The lowest BCUT2D eigenvalue weighted by atomic mass is 10.0. The number of phenols is 1. The van der Waals surface area contributed by atoms with E-state index in [0.29, 0.717) is 12.1 Å². The smallest absolute Gasteiger partial charge is 0.280 e. The first kappa shape index (κ1) is 90.4. The van der Waals surface area contributed by atoms with Gasteiger partial charge in [-0.2, -0.15) is 4.98 Å². The van der Waals surface area contributed by atoms with E-state index in [1.807, 2.05) is 0 Å². The summed E-state index contributed by atoms with van der Waals surface area (Å²) in [4.78, 5) is 226. The maximum atomic E-state index is 15.3. The van der Waals surface area contributed by atoms with Crippen molar-refractivity contribution < 1.29 is 67.4 Å². The zero-order chi connectivity index (χ0) is 87.9. The number of amides is 13. The summed E-state index contributed by atoms with van der Waals surface area (Å²) in [6, 6.07) is -9.84. The zero-order valence-corrected chi connectivity index (χ0v) is 67.3. The van der Waals surface area contributed by atoms with Crippen LogP contribution < -0.4 is 110 Å². The molecule has 0 saturated carbocycles. The molecule has 0 bridgehead atoms. The molecule has 7 aliphatic heterocycles. The van der Waals surface area contributed by atoms with Gasteiger partial charge in [0.05, 0.1) is 31.2 Å². The highest BCUT2D eigenvalue weighted by Crippen LogP contribution is 2.30. The maximum Gasteiger partial charge on any atom is 0.280 e. The lowest BCUT2D eigenvalue weighted by molar-refractivity contribution is -0.147. The Balaban J connectivity index is 0.818. The Morgan fingerprint density at radius 1 is 0.557 bits per heavy atom. The molecule has 0 radical (unpaired) electrons. The number of rotatable bonds is 35. The van der Waals surface area contributed by atoms with Gasteiger partial charge in [0.25, 0.3) is 11.5 Å². The molecule has 1 aromatic carbocycles. The number of unbranched alkanes of at least 4 members (excludes halogenated alkanes) is 2. The number of aromatic hydroxyl groups is 1. The van der Waals surface area contributed by atoms with Crippen LogP contribution in [-0.4, -0.2) is 334 Å². The first-order chi connectivity index (χ1) is 58.2. The van der Waals surface area contributed by atoms with Crippen LogP contribution in [-0.2, 0) is 70.5 Å². The first-order valence-electron chi connectivity index (χ1n) is 40.7. The number of hydrogen-bond donors (Lipinski definition) is 23. The summed E-state index contributed by atoms with van der Waals surface area (Å²) in [7, 11) is 0. The minimum atomic E-state index is -1.53. The first-order valence-corrected chi connectivity index (χ1v) is 40.7. The summed E-state index contributed by atoms with van der Waals surface area (Å²) in [6.45, 7) is -1.95. The highest BCUT2D eigenvalue weighted by molar-refractivity contribution is 5.99. The van der Waals surface area contributed by atoms with Crippen molar-refractivity contribution in [1.82, 2.24) is 112 Å². The van der Waals surface area contributed by atoms with E-state index in [9.17, 15) is 62.6 Å². The molecular weight excluding hydrogens is 1590 g/mol. The van der Waals surface area contributed by atoms with Crippen molar-refractivity contribution in [3.8, 4) is 5.75 Å². The lowest BCUT2D eigenvalue weighted by Crippen LogP contribution is -2.58. The summed E-state index contributed by atoms with van der Waals surface area (Å²) in [5, 5.41) is 53.6. The van der Waals surface area contributed by atoms with E-state index < -0.39 is 193 Å². The Morgan fingerprint density at radius 2 is 1.05 bits per heavy atom. The number of anilines is 1. The molecule has 7 aliphatic rings. The van der Waals surface area contributed by atoms with Crippen molar-refractivity contribution in [2.45, 2.75) is 199 Å². The quantitative estimate of drug-likeness (QED) is 0.0116. The second-order valence-electron chi connectivity index (χ2n) is 32.2. The number of imidazole rings is 1. The van der Waals surface area contributed by atoms with Crippen LogP contribution in [0.4, 0.5) is 5.95 Å². The Hall–Kier alpha value is -12.4. The number of likely N-dealkylation sites (tertiary alicyclic amines) is 5. The van der Waals surface area contributed by atoms with Crippen LogP contribution in [0.3, 0.4) is 0 Å². The standard InChI is InChI=1S/C74H111N33O15/c75-37-19-52(65(116)98-47(59(80)111)17-36-7-9-44(108)10-8-36)103(28-37)57(110)34-101(56(109)33-102-35-93-58-60(102)99-74(85)100-67(58)118)16-15-90-61(112)45(5-1-3-11-88-62(113)50-27-86-13-14-87-50)96-63(114)46(97-66(117)53-20-39(77)30-105(53)71(122)55-22-41(79)32-107(55)69(120)49-24-43(26-92-49)95-73(83)84)6-2-4-12-89-64(115)51-18-38(76)29-104(51)70(121)54-21-40(78)31-106(54)68(119)48-23-42(25-91-48)94-72(81)82/h7-10,13-14,27,35,37-43,45-49,51-55,91-92,108H,1-6,11-12,15-26,28-34,75-79H2,(H2,80,111)(H,88,113)(H,89,115)(H,90,112)(H,96,114)(H,97,117)(H,98,116)(H4,81,82,94)(H4,83,84,95)(H3,85,99,100,118)/t37-,38-,39-,40-,41-,42-,43-,45+,46+,47+,48-,49-,51-,52-,53-,54-,55-/m1/s1. The minimum Gasteiger partial charge on any atom is -0.508 e. The number of carbonyl (C=O) groups is 13. The van der Waals surface area contributed by atoms with Crippen LogP contribution in [0.15, 0.2) is 54.0 Å². The largest absolute Gasteiger partial charge is 0.508 e. The van der Waals surface area contributed by atoms with E-state index in [0.717, 1.165) is 16.1 Å². The molecule has 122 heavy (non-hydrogen) atoms. The van der Waals surface area contributed by atoms with Crippen molar-refractivity contribution in [2.75, 3.05) is 84.3 Å². The molecule has 3 aromatic heterocycles. The van der Waals surface area contributed by atoms with Crippen LogP contribution in [0.1, 0.15) is 99.5 Å². The Bertz CT molecular complexity index is 4600. The van der Waals surface area contributed by atoms with Crippen molar-refractivity contribution in [3.05, 3.63) is 70.8 Å². The van der Waals surface area contributed by atoms with Gasteiger partial charge < -0.3 is 144 Å². The minimum absolute atomic E-state index is 0.00413. The van der Waals surface area contributed by atoms with E-state index in [1.54, 1.807) is 0 Å². The van der Waals surface area contributed by atoms with Gasteiger partial charge in [0.2, 0.25) is 76.8 Å². The van der Waals surface area contributed by atoms with Gasteiger partial charge in [0.1, 0.15) is 66.3 Å². The number of benzene rings is 1. The van der Waals surface area contributed by atoms with Crippen molar-refractivity contribution in [3.63, 3.8) is 0 Å². The molecule has 11 rings (SSSR count). The monoisotopic (exact) mass is 1700 g/mol. The number of hydrogen-bond acceptors (Lipinski definition) is 29. The van der Waals surface area contributed by atoms with Gasteiger partial charge in [-0.25, -0.2) is 9.97 Å². The summed E-state index contributed by atoms with van der Waals surface area (Å²) in [5.74, 6) is -9.94. The number of aromatic amines is 1. The molecule has 48 nitrogen and oxygen atoms in total. The average molecular weight is 1700 g/mol. The maximum absolute atomic E-state index is 15.3. The third kappa shape index (κ3) is 23.0. The number of nitrogens with one attached hydrogen (secondary N) is 13. The number of H-pyrrole nitrogens is 1. The Kier molecular flexibility index (Phi) is 30.2. The van der Waals surface area contributed by atoms with E-state index >= 15 is 9.59 Å². The molecule has 0 spiro atoms. The highest BCUT2D eigenvalue weighted by Gasteiger charge is 2.51. The number of nitrogens with zero attached hydrogens (tertiary/aromatic N) is 11. The zero-order valence-electron chi connectivity index (χ0n) is 67.3. The van der Waals surface area contributed by atoms with Gasteiger partial charge in [-0.05, 0) is 101 Å². The molecule has 7 saturated heterocycles. The number of phenolic OH excluding ortho intramolecular Hbond substituents is 1. The molecule has 7 fully saturated rings. The van der Waals surface area contributed by atoms with Crippen LogP contribution in [0.5, 0.6) is 5.75 Å². The lowest BCUT2D eigenvalue weighted by Gasteiger charge is -2.32. The Morgan fingerprint density at radius 3 is 1.57 bits per heavy atom. The fraction of sp³-hybridized carbons (Fsp3) is 0.595. The predicted octanol–water partition coefficient (Wildman–Crippen LogP) is -11.7. The molecule has 0 unspecified atom stereocenters.